The van der Waals surface area contributed by atoms with Crippen LogP contribution in [-0.4, -0.2) is 0 Å². The monoisotopic (exact) mass is 882 g/mol. The average molecular weight is 886 g/mol. The molecule has 3 heteroatoms. The van der Waals surface area contributed by atoms with Gasteiger partial charge in [0, 0.05) is 13.4 Å². The van der Waals surface area contributed by atoms with E-state index in [0.29, 0.717) is 0 Å². The molecule has 0 bridgehead atoms. The molecule has 0 saturated heterocycles. The predicted molar refractivity (Wildman–Crippen MR) is 245 cm³/mol. The van der Waals surface area contributed by atoms with Crippen LogP contribution in [0.15, 0.2) is 159 Å². The molecule has 0 amide bonds. The van der Waals surface area contributed by atoms with Gasteiger partial charge in [-0.05, 0) is 183 Å². The van der Waals surface area contributed by atoms with E-state index in [1.54, 1.807) is 0 Å². The van der Waals surface area contributed by atoms with Crippen LogP contribution in [0.1, 0.15) is 16.7 Å². The van der Waals surface area contributed by atoms with E-state index in [9.17, 15) is 0 Å². The fourth-order valence-corrected chi connectivity index (χ4v) is 11.5. The van der Waals surface area contributed by atoms with E-state index in [2.05, 4.69) is 214 Å². The lowest BCUT2D eigenvalue weighted by Gasteiger charge is -2.28. The highest BCUT2D eigenvalue weighted by molar-refractivity contribution is 9.11. The van der Waals surface area contributed by atoms with Gasteiger partial charge in [-0.25, -0.2) is 0 Å². The molecule has 0 radical (unpaired) electrons. The Hall–Kier alpha value is -4.80. The van der Waals surface area contributed by atoms with Gasteiger partial charge in [0.1, 0.15) is 0 Å². The summed E-state index contributed by atoms with van der Waals surface area (Å²) in [5.74, 6) is 0. The summed E-state index contributed by atoms with van der Waals surface area (Å²) in [5, 5.41) is 14.7. The van der Waals surface area contributed by atoms with Gasteiger partial charge in [0.2, 0.25) is 0 Å². The number of hydrogen-bond donors (Lipinski definition) is 0. The van der Waals surface area contributed by atoms with Crippen molar-refractivity contribution in [2.24, 2.45) is 0 Å². The van der Waals surface area contributed by atoms with E-state index < -0.39 is 0 Å². The lowest BCUT2D eigenvalue weighted by Crippen LogP contribution is -2.03. The summed E-state index contributed by atoms with van der Waals surface area (Å²) >= 11 is 12.2. The van der Waals surface area contributed by atoms with Gasteiger partial charge in [0.15, 0.2) is 0 Å². The Balaban J connectivity index is 1.51. The Morgan fingerprint density at radius 2 is 0.370 bits per heavy atom. The van der Waals surface area contributed by atoms with Gasteiger partial charge in [-0.15, -0.1) is 0 Å². The second-order valence-electron chi connectivity index (χ2n) is 14.3. The Morgan fingerprint density at radius 1 is 0.222 bits per heavy atom. The molecule has 0 unspecified atom stereocenters. The zero-order chi connectivity index (χ0) is 36.8. The maximum atomic E-state index is 4.05. The lowest BCUT2D eigenvalue weighted by atomic mass is 9.76. The highest BCUT2D eigenvalue weighted by Crippen LogP contribution is 2.54. The van der Waals surface area contributed by atoms with Crippen molar-refractivity contribution in [1.82, 2.24) is 0 Å². The number of rotatable bonds is 3. The molecule has 54 heavy (non-hydrogen) atoms. The van der Waals surface area contributed by atoms with Gasteiger partial charge >= 0.3 is 0 Å². The maximum Gasteiger partial charge on any atom is 0.0332 e. The summed E-state index contributed by atoms with van der Waals surface area (Å²) in [7, 11) is 0. The van der Waals surface area contributed by atoms with E-state index in [-0.39, 0.29) is 0 Å². The molecule has 0 aromatic heterocycles. The van der Waals surface area contributed by atoms with Crippen LogP contribution in [-0.2, 0) is 0 Å². The van der Waals surface area contributed by atoms with Crippen molar-refractivity contribution in [3.05, 3.63) is 176 Å². The van der Waals surface area contributed by atoms with E-state index in [1.165, 1.54) is 115 Å². The smallest absolute Gasteiger partial charge is 0.0332 e. The largest absolute Gasteiger partial charge is 0.0616 e. The topological polar surface area (TPSA) is 0 Å². The molecule has 0 aliphatic heterocycles. The maximum absolute atomic E-state index is 4.05. The SMILES string of the molecule is Cc1c(-c2c3ccccc3c(Br)c3ccccc23)c(C)c(-c2c3ccccc3c(Br)c3ccccc23)c(C)c1-c1c2ccccc2c(Br)c2ccccc12. The molecule has 0 atom stereocenters. The molecular weight excluding hydrogens is 852 g/mol. The molecule has 258 valence electrons. The minimum atomic E-state index is 1.13. The molecular formula is C51H33Br3. The summed E-state index contributed by atoms with van der Waals surface area (Å²) < 4.78 is 3.40. The van der Waals surface area contributed by atoms with Crippen molar-refractivity contribution in [3.8, 4) is 33.4 Å². The Kier molecular flexibility index (Phi) is 8.07. The van der Waals surface area contributed by atoms with Gasteiger partial charge in [-0.3, -0.25) is 0 Å². The van der Waals surface area contributed by atoms with Gasteiger partial charge in [0.25, 0.3) is 0 Å². The molecule has 0 aliphatic carbocycles. The minimum absolute atomic E-state index is 1.13. The summed E-state index contributed by atoms with van der Waals surface area (Å²) in [6, 6.07) is 53.3. The number of halogens is 3. The first-order valence-electron chi connectivity index (χ1n) is 18.3. The van der Waals surface area contributed by atoms with Crippen LogP contribution in [0.3, 0.4) is 0 Å². The van der Waals surface area contributed by atoms with Crippen LogP contribution in [0.4, 0.5) is 0 Å². The average Bonchev–Trinajstić information content (AvgIpc) is 3.21. The van der Waals surface area contributed by atoms with Crippen LogP contribution in [0.25, 0.3) is 98.0 Å². The molecule has 0 nitrogen and oxygen atoms in total. The normalized spacial score (nSPS) is 11.9. The van der Waals surface area contributed by atoms with Gasteiger partial charge in [-0.2, -0.15) is 0 Å². The summed E-state index contributed by atoms with van der Waals surface area (Å²) in [4.78, 5) is 0. The highest BCUT2D eigenvalue weighted by atomic mass is 79.9. The lowest BCUT2D eigenvalue weighted by molar-refractivity contribution is 1.33. The van der Waals surface area contributed by atoms with Crippen molar-refractivity contribution in [3.63, 3.8) is 0 Å². The quantitative estimate of drug-likeness (QED) is 0.155. The third-order valence-corrected chi connectivity index (χ3v) is 14.2. The molecule has 0 fully saturated rings. The zero-order valence-electron chi connectivity index (χ0n) is 30.0. The van der Waals surface area contributed by atoms with Crippen molar-refractivity contribution >= 4 is 112 Å². The third-order valence-electron chi connectivity index (χ3n) is 11.6. The van der Waals surface area contributed by atoms with Crippen LogP contribution in [0, 0.1) is 20.8 Å². The fraction of sp³-hybridized carbons (Fsp3) is 0.0588. The second-order valence-corrected chi connectivity index (χ2v) is 16.7. The molecule has 0 saturated carbocycles. The third kappa shape index (κ3) is 4.78. The Bertz CT molecular complexity index is 2690. The first kappa shape index (κ1) is 33.7. The van der Waals surface area contributed by atoms with Crippen LogP contribution >= 0.6 is 47.8 Å². The molecule has 0 spiro atoms. The Morgan fingerprint density at radius 3 is 0.537 bits per heavy atom. The standard InChI is InChI=1S/C51H33Br3/c1-28-43(46-31-16-4-10-22-37(31)49(52)38-23-11-5-17-32(38)46)29(2)45(48-35-20-8-14-26-41(35)51(54)42-27-15-9-21-36(42)48)30(3)44(28)47-33-18-6-12-24-39(33)50(53)40-25-13-7-19-34(40)47/h4-27H,1-3H3. The van der Waals surface area contributed by atoms with Crippen molar-refractivity contribution in [2.75, 3.05) is 0 Å². The first-order valence-corrected chi connectivity index (χ1v) is 20.7. The molecule has 0 aliphatic rings. The van der Waals surface area contributed by atoms with E-state index in [0.717, 1.165) is 13.4 Å². The second kappa shape index (κ2) is 12.9. The van der Waals surface area contributed by atoms with Gasteiger partial charge in [0.05, 0.1) is 0 Å². The minimum Gasteiger partial charge on any atom is -0.0616 e. The van der Waals surface area contributed by atoms with Crippen LogP contribution in [0.5, 0.6) is 0 Å². The fourth-order valence-electron chi connectivity index (χ4n) is 9.38. The molecule has 10 rings (SSSR count). The molecule has 0 N–H and O–H groups in total. The van der Waals surface area contributed by atoms with Gasteiger partial charge < -0.3 is 0 Å². The summed E-state index contributed by atoms with van der Waals surface area (Å²) in [6.45, 7) is 7.09. The molecule has 10 aromatic rings. The van der Waals surface area contributed by atoms with Crippen molar-refractivity contribution in [2.45, 2.75) is 20.8 Å². The molecule has 10 aromatic carbocycles. The Labute approximate surface area is 339 Å². The predicted octanol–water partition coefficient (Wildman–Crippen LogP) is 16.8. The highest BCUT2D eigenvalue weighted by Gasteiger charge is 2.28. The van der Waals surface area contributed by atoms with Crippen LogP contribution < -0.4 is 0 Å². The van der Waals surface area contributed by atoms with E-state index in [4.69, 9.17) is 0 Å². The van der Waals surface area contributed by atoms with E-state index in [1.807, 2.05) is 0 Å². The number of benzene rings is 10. The van der Waals surface area contributed by atoms with E-state index >= 15 is 0 Å². The summed E-state index contributed by atoms with van der Waals surface area (Å²) in [6.07, 6.45) is 0. The molecule has 0 heterocycles. The van der Waals surface area contributed by atoms with Gasteiger partial charge in [-0.1, -0.05) is 146 Å². The van der Waals surface area contributed by atoms with Crippen molar-refractivity contribution in [1.29, 1.82) is 0 Å². The zero-order valence-corrected chi connectivity index (χ0v) is 34.7. The van der Waals surface area contributed by atoms with Crippen LogP contribution in [0.2, 0.25) is 0 Å². The number of fused-ring (bicyclic) bond motifs is 6. The first-order chi connectivity index (χ1) is 26.4. The van der Waals surface area contributed by atoms with Crippen molar-refractivity contribution < 1.29 is 0 Å². The number of hydrogen-bond acceptors (Lipinski definition) is 0. The summed E-state index contributed by atoms with van der Waals surface area (Å²) in [5.41, 5.74) is 11.6.